The van der Waals surface area contributed by atoms with Crippen molar-refractivity contribution in [1.82, 2.24) is 0 Å². The van der Waals surface area contributed by atoms with Gasteiger partial charge in [-0.3, -0.25) is 9.59 Å². The maximum absolute atomic E-state index is 12.8. The molecule has 8 heteroatoms. The van der Waals surface area contributed by atoms with Crippen molar-refractivity contribution >= 4 is 29.0 Å². The number of benzene rings is 2. The fourth-order valence-corrected chi connectivity index (χ4v) is 2.54. The monoisotopic (exact) mass is 399 g/mol. The average molecular weight is 400 g/mol. The van der Waals surface area contributed by atoms with E-state index in [4.69, 9.17) is 16.3 Å². The standard InChI is InChI=1S/C19H17ClF3NO3/c1-2-27-14-6-3-12(4-7-14)17(25)9-10-18(26)24-13-5-8-16(20)15(11-13)19(21,22)23/h3-8,11H,2,9-10H2,1H3,(H,24,26). The van der Waals surface area contributed by atoms with E-state index in [0.717, 1.165) is 12.1 Å². The van der Waals surface area contributed by atoms with Gasteiger partial charge in [0.1, 0.15) is 5.75 Å². The quantitative estimate of drug-likeness (QED) is 0.638. The van der Waals surface area contributed by atoms with Gasteiger partial charge in [0, 0.05) is 24.1 Å². The SMILES string of the molecule is CCOc1ccc(C(=O)CCC(=O)Nc2ccc(Cl)c(C(F)(F)F)c2)cc1. The van der Waals surface area contributed by atoms with Crippen molar-refractivity contribution in [1.29, 1.82) is 0 Å². The second-order valence-electron chi connectivity index (χ2n) is 5.62. The minimum atomic E-state index is -4.62. The summed E-state index contributed by atoms with van der Waals surface area (Å²) in [5, 5.41) is 1.89. The van der Waals surface area contributed by atoms with E-state index in [1.165, 1.54) is 6.07 Å². The van der Waals surface area contributed by atoms with Crippen LogP contribution in [0.15, 0.2) is 42.5 Å². The zero-order valence-electron chi connectivity index (χ0n) is 14.4. The lowest BCUT2D eigenvalue weighted by atomic mass is 10.1. The van der Waals surface area contributed by atoms with E-state index in [2.05, 4.69) is 5.32 Å². The molecule has 0 radical (unpaired) electrons. The molecule has 0 bridgehead atoms. The maximum atomic E-state index is 12.8. The summed E-state index contributed by atoms with van der Waals surface area (Å²) in [5.74, 6) is -0.181. The molecule has 0 saturated carbocycles. The molecule has 0 unspecified atom stereocenters. The summed E-state index contributed by atoms with van der Waals surface area (Å²) in [6.45, 7) is 2.35. The zero-order chi connectivity index (χ0) is 20.0. The normalized spacial score (nSPS) is 11.1. The molecule has 0 aliphatic rings. The summed E-state index contributed by atoms with van der Waals surface area (Å²) in [4.78, 5) is 24.0. The number of hydrogen-bond acceptors (Lipinski definition) is 3. The number of nitrogens with one attached hydrogen (secondary N) is 1. The van der Waals surface area contributed by atoms with E-state index >= 15 is 0 Å². The van der Waals surface area contributed by atoms with Gasteiger partial charge in [0.15, 0.2) is 5.78 Å². The van der Waals surface area contributed by atoms with Crippen LogP contribution in [-0.4, -0.2) is 18.3 Å². The van der Waals surface area contributed by atoms with Crippen molar-refractivity contribution in [2.45, 2.75) is 25.9 Å². The van der Waals surface area contributed by atoms with E-state index in [1.54, 1.807) is 24.3 Å². The molecular formula is C19H17ClF3NO3. The first-order chi connectivity index (χ1) is 12.7. The number of halogens is 4. The number of amides is 1. The smallest absolute Gasteiger partial charge is 0.417 e. The van der Waals surface area contributed by atoms with Crippen LogP contribution >= 0.6 is 11.6 Å². The van der Waals surface area contributed by atoms with E-state index < -0.39 is 22.7 Å². The molecule has 1 amide bonds. The number of Topliss-reactive ketones (excluding diaryl/α,β-unsaturated/α-hetero) is 1. The number of carbonyl (C=O) groups excluding carboxylic acids is 2. The molecule has 2 aromatic rings. The summed E-state index contributed by atoms with van der Waals surface area (Å²) in [6, 6.07) is 9.59. The van der Waals surface area contributed by atoms with Crippen LogP contribution in [0.3, 0.4) is 0 Å². The average Bonchev–Trinajstić information content (AvgIpc) is 2.61. The summed E-state index contributed by atoms with van der Waals surface area (Å²) < 4.78 is 43.8. The van der Waals surface area contributed by atoms with Crippen molar-refractivity contribution in [2.24, 2.45) is 0 Å². The predicted molar refractivity (Wildman–Crippen MR) is 96.3 cm³/mol. The van der Waals surface area contributed by atoms with Crippen LogP contribution in [0, 0.1) is 0 Å². The van der Waals surface area contributed by atoms with Gasteiger partial charge in [-0.25, -0.2) is 0 Å². The molecule has 0 saturated heterocycles. The van der Waals surface area contributed by atoms with Gasteiger partial charge in [-0.1, -0.05) is 11.6 Å². The lowest BCUT2D eigenvalue weighted by Gasteiger charge is -2.11. The molecule has 0 spiro atoms. The minimum absolute atomic E-state index is 0.0368. The summed E-state index contributed by atoms with van der Waals surface area (Å²) in [6.07, 6.45) is -4.85. The molecule has 0 fully saturated rings. The van der Waals surface area contributed by atoms with Crippen LogP contribution < -0.4 is 10.1 Å². The Morgan fingerprint density at radius 1 is 1.07 bits per heavy atom. The largest absolute Gasteiger partial charge is 0.494 e. The Hall–Kier alpha value is -2.54. The van der Waals surface area contributed by atoms with Gasteiger partial charge in [-0.15, -0.1) is 0 Å². The molecule has 0 heterocycles. The molecule has 0 aliphatic carbocycles. The van der Waals surface area contributed by atoms with E-state index in [-0.39, 0.29) is 24.3 Å². The molecule has 4 nitrogen and oxygen atoms in total. The molecular weight excluding hydrogens is 383 g/mol. The van der Waals surface area contributed by atoms with Crippen molar-refractivity contribution in [2.75, 3.05) is 11.9 Å². The third-order valence-corrected chi connectivity index (χ3v) is 3.95. The Bertz CT molecular complexity index is 820. The lowest BCUT2D eigenvalue weighted by molar-refractivity contribution is -0.137. The lowest BCUT2D eigenvalue weighted by Crippen LogP contribution is -2.14. The topological polar surface area (TPSA) is 55.4 Å². The van der Waals surface area contributed by atoms with Crippen LogP contribution in [0.1, 0.15) is 35.7 Å². The molecule has 0 aliphatic heterocycles. The number of ether oxygens (including phenoxy) is 1. The van der Waals surface area contributed by atoms with Gasteiger partial charge in [-0.05, 0) is 49.4 Å². The van der Waals surface area contributed by atoms with Gasteiger partial charge in [0.25, 0.3) is 0 Å². The van der Waals surface area contributed by atoms with Gasteiger partial charge in [-0.2, -0.15) is 13.2 Å². The first kappa shape index (κ1) is 20.8. The summed E-state index contributed by atoms with van der Waals surface area (Å²) >= 11 is 5.53. The van der Waals surface area contributed by atoms with Gasteiger partial charge < -0.3 is 10.1 Å². The van der Waals surface area contributed by atoms with E-state index in [0.29, 0.717) is 17.9 Å². The second-order valence-corrected chi connectivity index (χ2v) is 6.03. The van der Waals surface area contributed by atoms with Gasteiger partial charge in [0.05, 0.1) is 17.2 Å². The summed E-state index contributed by atoms with van der Waals surface area (Å²) in [5.41, 5.74) is -0.644. The van der Waals surface area contributed by atoms with Gasteiger partial charge in [0.2, 0.25) is 5.91 Å². The van der Waals surface area contributed by atoms with Crippen LogP contribution in [0.4, 0.5) is 18.9 Å². The number of ketones is 1. The number of hydrogen-bond donors (Lipinski definition) is 1. The van der Waals surface area contributed by atoms with Crippen LogP contribution in [0.25, 0.3) is 0 Å². The first-order valence-corrected chi connectivity index (χ1v) is 8.51. The Kier molecular flexibility index (Phi) is 6.85. The zero-order valence-corrected chi connectivity index (χ0v) is 15.2. The third-order valence-electron chi connectivity index (χ3n) is 3.62. The van der Waals surface area contributed by atoms with Crippen LogP contribution in [0.2, 0.25) is 5.02 Å². The highest BCUT2D eigenvalue weighted by Gasteiger charge is 2.33. The van der Waals surface area contributed by atoms with E-state index in [1.807, 2.05) is 6.92 Å². The highest BCUT2D eigenvalue weighted by atomic mass is 35.5. The molecule has 2 aromatic carbocycles. The van der Waals surface area contributed by atoms with Crippen molar-refractivity contribution in [3.63, 3.8) is 0 Å². The van der Waals surface area contributed by atoms with Crippen molar-refractivity contribution < 1.29 is 27.5 Å². The van der Waals surface area contributed by atoms with Gasteiger partial charge >= 0.3 is 6.18 Å². The second kappa shape index (κ2) is 8.90. The molecule has 1 N–H and O–H groups in total. The van der Waals surface area contributed by atoms with E-state index in [9.17, 15) is 22.8 Å². The fraction of sp³-hybridized carbons (Fsp3) is 0.263. The maximum Gasteiger partial charge on any atom is 0.417 e. The predicted octanol–water partition coefficient (Wildman–Crippen LogP) is 5.36. The number of alkyl halides is 3. The highest BCUT2D eigenvalue weighted by molar-refractivity contribution is 6.31. The Morgan fingerprint density at radius 2 is 1.74 bits per heavy atom. The van der Waals surface area contributed by atoms with Crippen LogP contribution in [-0.2, 0) is 11.0 Å². The Labute approximate surface area is 159 Å². The molecule has 27 heavy (non-hydrogen) atoms. The number of carbonyl (C=O) groups is 2. The molecule has 2 rings (SSSR count). The van der Waals surface area contributed by atoms with Crippen molar-refractivity contribution in [3.05, 3.63) is 58.6 Å². The first-order valence-electron chi connectivity index (χ1n) is 8.13. The summed E-state index contributed by atoms with van der Waals surface area (Å²) in [7, 11) is 0. The minimum Gasteiger partial charge on any atom is -0.494 e. The van der Waals surface area contributed by atoms with Crippen LogP contribution in [0.5, 0.6) is 5.75 Å². The molecule has 144 valence electrons. The third kappa shape index (κ3) is 5.99. The highest BCUT2D eigenvalue weighted by Crippen LogP contribution is 2.36. The molecule has 0 aromatic heterocycles. The van der Waals surface area contributed by atoms with Crippen molar-refractivity contribution in [3.8, 4) is 5.75 Å². The molecule has 0 atom stereocenters. The number of anilines is 1. The Balaban J connectivity index is 1.93. The number of rotatable bonds is 7. The Morgan fingerprint density at radius 3 is 2.33 bits per heavy atom. The fourth-order valence-electron chi connectivity index (χ4n) is 2.32.